The number of carbonyl (C=O) groups is 1. The van der Waals surface area contributed by atoms with Gasteiger partial charge in [0.2, 0.25) is 5.95 Å². The van der Waals surface area contributed by atoms with Gasteiger partial charge in [0.25, 0.3) is 5.91 Å². The number of fused-ring (bicyclic) bond motifs is 3. The van der Waals surface area contributed by atoms with E-state index in [1.165, 1.54) is 13.3 Å². The Bertz CT molecular complexity index is 1600. The van der Waals surface area contributed by atoms with Gasteiger partial charge in [-0.2, -0.15) is 9.49 Å². The van der Waals surface area contributed by atoms with Crippen molar-refractivity contribution in [2.75, 3.05) is 20.3 Å². The molecule has 1 aliphatic heterocycles. The molecule has 0 radical (unpaired) electrons. The molecule has 0 saturated heterocycles. The monoisotopic (exact) mass is 584 g/mol. The zero-order valence-corrected chi connectivity index (χ0v) is 23.8. The van der Waals surface area contributed by atoms with E-state index in [4.69, 9.17) is 37.8 Å². The van der Waals surface area contributed by atoms with Gasteiger partial charge in [0.05, 0.1) is 25.1 Å². The quantitative estimate of drug-likeness (QED) is 0.272. The van der Waals surface area contributed by atoms with Gasteiger partial charge in [0.15, 0.2) is 5.69 Å². The fourth-order valence-corrected chi connectivity index (χ4v) is 5.35. The van der Waals surface area contributed by atoms with Crippen LogP contribution in [0.2, 0.25) is 10.0 Å². The summed E-state index contributed by atoms with van der Waals surface area (Å²) in [6.45, 7) is 5.59. The summed E-state index contributed by atoms with van der Waals surface area (Å²) in [5.74, 6) is -0.171. The highest BCUT2D eigenvalue weighted by molar-refractivity contribution is 6.34. The number of nitrogens with zero attached hydrogens (tertiary/aromatic N) is 4. The van der Waals surface area contributed by atoms with Crippen LogP contribution in [0.5, 0.6) is 11.5 Å². The number of hydrogen-bond acceptors (Lipinski definition) is 6. The summed E-state index contributed by atoms with van der Waals surface area (Å²) in [6.07, 6.45) is 1.37. The van der Waals surface area contributed by atoms with Crippen LogP contribution in [0.4, 0.5) is 4.39 Å². The molecule has 4 aromatic rings. The highest BCUT2D eigenvalue weighted by atomic mass is 35.5. The lowest BCUT2D eigenvalue weighted by Crippen LogP contribution is -2.47. The molecule has 208 valence electrons. The van der Waals surface area contributed by atoms with Crippen molar-refractivity contribution in [1.29, 1.82) is 0 Å². The van der Waals surface area contributed by atoms with Gasteiger partial charge >= 0.3 is 0 Å². The standard InChI is InChI=1S/C29H27Cl2FN4O4/c1-29(2,3)35(8-9-37)28(38)25-22-15-40-24-14-23(39-4)20(19-6-5-7-33-27(19)32)13-21(24)26(22)36(34-25)18-11-16(30)10-17(31)12-18/h5-7,10-14,37H,8-9,15H2,1-4H3. The number of aliphatic hydroxyl groups excluding tert-OH is 1. The summed E-state index contributed by atoms with van der Waals surface area (Å²) in [6, 6.07) is 11.6. The van der Waals surface area contributed by atoms with E-state index in [-0.39, 0.29) is 36.9 Å². The molecule has 1 N–H and O–H groups in total. The molecule has 0 aliphatic carbocycles. The van der Waals surface area contributed by atoms with Gasteiger partial charge in [-0.1, -0.05) is 23.2 Å². The van der Waals surface area contributed by atoms with Crippen molar-refractivity contribution in [3.63, 3.8) is 0 Å². The van der Waals surface area contributed by atoms with Gasteiger partial charge in [0, 0.05) is 56.6 Å². The summed E-state index contributed by atoms with van der Waals surface area (Å²) >= 11 is 12.7. The van der Waals surface area contributed by atoms with Crippen molar-refractivity contribution in [3.05, 3.63) is 75.9 Å². The zero-order valence-electron chi connectivity index (χ0n) is 22.3. The topological polar surface area (TPSA) is 89.7 Å². The van der Waals surface area contributed by atoms with Crippen LogP contribution in [0.25, 0.3) is 28.1 Å². The maximum atomic E-state index is 14.8. The third kappa shape index (κ3) is 5.00. The highest BCUT2D eigenvalue weighted by Gasteiger charge is 2.36. The third-order valence-electron chi connectivity index (χ3n) is 6.63. The Kier molecular flexibility index (Phi) is 7.48. The highest BCUT2D eigenvalue weighted by Crippen LogP contribution is 2.46. The lowest BCUT2D eigenvalue weighted by Gasteiger charge is -2.35. The van der Waals surface area contributed by atoms with Gasteiger partial charge in [-0.05, 0) is 57.2 Å². The molecular formula is C29H27Cl2FN4O4. The lowest BCUT2D eigenvalue weighted by molar-refractivity contribution is 0.0518. The normalized spacial score (nSPS) is 12.4. The van der Waals surface area contributed by atoms with E-state index in [1.54, 1.807) is 52.0 Å². The molecule has 1 amide bonds. The average molecular weight is 585 g/mol. The van der Waals surface area contributed by atoms with Crippen molar-refractivity contribution >= 4 is 29.1 Å². The fraction of sp³-hybridized carbons (Fsp3) is 0.276. The van der Waals surface area contributed by atoms with Crippen LogP contribution in [0.3, 0.4) is 0 Å². The molecule has 0 unspecified atom stereocenters. The number of aromatic nitrogens is 3. The second kappa shape index (κ2) is 10.7. The minimum atomic E-state index is -0.659. The molecule has 0 fully saturated rings. The van der Waals surface area contributed by atoms with Crippen molar-refractivity contribution < 1.29 is 23.8 Å². The Morgan fingerprint density at radius 2 is 1.88 bits per heavy atom. The molecule has 1 aliphatic rings. The molecule has 3 heterocycles. The van der Waals surface area contributed by atoms with Gasteiger partial charge in [-0.3, -0.25) is 4.79 Å². The number of hydrogen-bond donors (Lipinski definition) is 1. The number of ether oxygens (including phenoxy) is 2. The van der Waals surface area contributed by atoms with Crippen LogP contribution in [0, 0.1) is 5.95 Å². The van der Waals surface area contributed by atoms with Gasteiger partial charge in [-0.25, -0.2) is 9.67 Å². The van der Waals surface area contributed by atoms with E-state index in [0.29, 0.717) is 49.6 Å². The predicted molar refractivity (Wildman–Crippen MR) is 151 cm³/mol. The van der Waals surface area contributed by atoms with Crippen LogP contribution in [0.1, 0.15) is 36.8 Å². The van der Waals surface area contributed by atoms with E-state index >= 15 is 0 Å². The van der Waals surface area contributed by atoms with Crippen LogP contribution < -0.4 is 9.47 Å². The van der Waals surface area contributed by atoms with Crippen LogP contribution in [0.15, 0.2) is 48.7 Å². The molecule has 0 spiro atoms. The first-order valence-corrected chi connectivity index (χ1v) is 13.3. The molecule has 11 heteroatoms. The first kappa shape index (κ1) is 27.9. The number of amides is 1. The van der Waals surface area contributed by atoms with E-state index in [9.17, 15) is 14.3 Å². The van der Waals surface area contributed by atoms with Crippen molar-refractivity contribution in [2.45, 2.75) is 32.9 Å². The largest absolute Gasteiger partial charge is 0.496 e. The van der Waals surface area contributed by atoms with Crippen molar-refractivity contribution in [2.24, 2.45) is 0 Å². The lowest BCUT2D eigenvalue weighted by atomic mass is 9.96. The van der Waals surface area contributed by atoms with Gasteiger partial charge in [-0.15, -0.1) is 0 Å². The molecule has 2 aromatic heterocycles. The molecule has 2 aromatic carbocycles. The smallest absolute Gasteiger partial charge is 0.275 e. The van der Waals surface area contributed by atoms with Crippen molar-refractivity contribution in [3.8, 4) is 39.6 Å². The Balaban J connectivity index is 1.80. The number of methoxy groups -OCH3 is 1. The average Bonchev–Trinajstić information content (AvgIpc) is 3.30. The number of pyridine rings is 1. The van der Waals surface area contributed by atoms with Crippen LogP contribution >= 0.6 is 23.2 Å². The van der Waals surface area contributed by atoms with E-state index in [1.807, 2.05) is 20.8 Å². The van der Waals surface area contributed by atoms with E-state index in [0.717, 1.165) is 0 Å². The predicted octanol–water partition coefficient (Wildman–Crippen LogP) is 6.18. The summed E-state index contributed by atoms with van der Waals surface area (Å²) < 4.78 is 28.1. The van der Waals surface area contributed by atoms with Crippen LogP contribution in [-0.4, -0.2) is 56.5 Å². The first-order valence-electron chi connectivity index (χ1n) is 12.5. The molecule has 8 nitrogen and oxygen atoms in total. The third-order valence-corrected chi connectivity index (χ3v) is 7.07. The summed E-state index contributed by atoms with van der Waals surface area (Å²) in [5, 5.41) is 15.2. The number of β-amino-alcohol motifs (C(OH)–C–C–N with tert-alkyl or cyclic N) is 1. The summed E-state index contributed by atoms with van der Waals surface area (Å²) in [4.78, 5) is 19.3. The molecule has 40 heavy (non-hydrogen) atoms. The fourth-order valence-electron chi connectivity index (χ4n) is 4.84. The summed E-state index contributed by atoms with van der Waals surface area (Å²) in [5.41, 5.74) is 2.43. The second-order valence-electron chi connectivity index (χ2n) is 10.2. The minimum absolute atomic E-state index is 0.0402. The van der Waals surface area contributed by atoms with Gasteiger partial charge < -0.3 is 19.5 Å². The molecule has 5 rings (SSSR count). The molecule has 0 bridgehead atoms. The van der Waals surface area contributed by atoms with E-state index < -0.39 is 11.5 Å². The number of carbonyl (C=O) groups excluding carboxylic acids is 1. The van der Waals surface area contributed by atoms with E-state index in [2.05, 4.69) is 4.98 Å². The minimum Gasteiger partial charge on any atom is -0.496 e. The Morgan fingerprint density at radius 1 is 1.15 bits per heavy atom. The molecule has 0 atom stereocenters. The SMILES string of the molecule is COc1cc2c(cc1-c1cccnc1F)-c1c(c(C(=O)N(CCO)C(C)(C)C)nn1-c1cc(Cl)cc(Cl)c1)CO2. The van der Waals surface area contributed by atoms with Crippen LogP contribution in [-0.2, 0) is 6.61 Å². The Morgan fingerprint density at radius 3 is 2.50 bits per heavy atom. The zero-order chi connectivity index (χ0) is 28.8. The number of benzene rings is 2. The number of aliphatic hydroxyl groups is 1. The number of halogens is 3. The molecule has 0 saturated carbocycles. The summed E-state index contributed by atoms with van der Waals surface area (Å²) in [7, 11) is 1.49. The van der Waals surface area contributed by atoms with Crippen molar-refractivity contribution in [1.82, 2.24) is 19.7 Å². The Hall–Kier alpha value is -3.66. The Labute approximate surface area is 240 Å². The van der Waals surface area contributed by atoms with Gasteiger partial charge in [0.1, 0.15) is 18.1 Å². The second-order valence-corrected chi connectivity index (χ2v) is 11.1. The maximum absolute atomic E-state index is 14.8. The molecular weight excluding hydrogens is 558 g/mol. The number of rotatable bonds is 6. The maximum Gasteiger partial charge on any atom is 0.275 e. The first-order chi connectivity index (χ1) is 19.0.